The number of nitrogens with one attached hydrogen (secondary N) is 1. The minimum absolute atomic E-state index is 0.130. The zero-order chi connectivity index (χ0) is 11.5. The number of nitriles is 1. The molecule has 0 saturated carbocycles. The van der Waals surface area contributed by atoms with Crippen LogP contribution < -0.4 is 11.1 Å². The summed E-state index contributed by atoms with van der Waals surface area (Å²) >= 11 is 0. The summed E-state index contributed by atoms with van der Waals surface area (Å²) in [7, 11) is 0. The SMILES string of the molecule is C1COCCO1.CC(C)N=C(N)NC#N. The Morgan fingerprint density at radius 3 is 2.07 bits per heavy atom. The highest BCUT2D eigenvalue weighted by atomic mass is 16.6. The van der Waals surface area contributed by atoms with Crippen LogP contribution in [0.15, 0.2) is 4.99 Å². The van der Waals surface area contributed by atoms with E-state index in [2.05, 4.69) is 10.3 Å². The standard InChI is InChI=1S/C5H10N4.C4H8O2/c1-4(2)9-5(7)8-3-6;1-2-6-4-3-5-1/h4H,1-2H3,(H3,7,8,9);1-4H2. The van der Waals surface area contributed by atoms with Crippen LogP contribution in [-0.4, -0.2) is 38.4 Å². The van der Waals surface area contributed by atoms with Crippen molar-refractivity contribution in [3.63, 3.8) is 0 Å². The maximum absolute atomic E-state index is 8.03. The van der Waals surface area contributed by atoms with E-state index in [0.29, 0.717) is 0 Å². The van der Waals surface area contributed by atoms with Gasteiger partial charge in [0.15, 0.2) is 6.19 Å². The van der Waals surface area contributed by atoms with Gasteiger partial charge in [-0.05, 0) is 13.8 Å². The van der Waals surface area contributed by atoms with Crippen molar-refractivity contribution in [2.45, 2.75) is 19.9 Å². The number of hydrogen-bond acceptors (Lipinski definition) is 4. The molecule has 1 rings (SSSR count). The molecular weight excluding hydrogens is 196 g/mol. The molecular formula is C9H18N4O2. The lowest BCUT2D eigenvalue weighted by Gasteiger charge is -2.09. The zero-order valence-electron chi connectivity index (χ0n) is 9.19. The van der Waals surface area contributed by atoms with Crippen molar-refractivity contribution in [1.29, 1.82) is 5.26 Å². The fraction of sp³-hybridized carbons (Fsp3) is 0.778. The summed E-state index contributed by atoms with van der Waals surface area (Å²) in [6.45, 7) is 6.87. The van der Waals surface area contributed by atoms with E-state index in [-0.39, 0.29) is 12.0 Å². The lowest BCUT2D eigenvalue weighted by Crippen LogP contribution is -2.28. The van der Waals surface area contributed by atoms with Crippen molar-refractivity contribution < 1.29 is 9.47 Å². The summed E-state index contributed by atoms with van der Waals surface area (Å²) in [5, 5.41) is 10.2. The van der Waals surface area contributed by atoms with Crippen LogP contribution >= 0.6 is 0 Å². The third-order valence-electron chi connectivity index (χ3n) is 1.33. The molecule has 0 amide bonds. The highest BCUT2D eigenvalue weighted by Crippen LogP contribution is 1.85. The van der Waals surface area contributed by atoms with Gasteiger partial charge in [0.1, 0.15) is 0 Å². The van der Waals surface area contributed by atoms with Crippen LogP contribution in [0.4, 0.5) is 0 Å². The molecule has 1 heterocycles. The lowest BCUT2D eigenvalue weighted by atomic mass is 10.4. The monoisotopic (exact) mass is 214 g/mol. The van der Waals surface area contributed by atoms with E-state index in [1.54, 1.807) is 6.19 Å². The van der Waals surface area contributed by atoms with Crippen molar-refractivity contribution in [2.24, 2.45) is 10.7 Å². The molecule has 0 atom stereocenters. The van der Waals surface area contributed by atoms with Gasteiger partial charge in [0, 0.05) is 6.04 Å². The molecule has 0 aromatic carbocycles. The van der Waals surface area contributed by atoms with E-state index in [1.165, 1.54) is 0 Å². The molecule has 0 aliphatic carbocycles. The molecule has 86 valence electrons. The molecule has 1 saturated heterocycles. The summed E-state index contributed by atoms with van der Waals surface area (Å²) in [5.74, 6) is 0.174. The summed E-state index contributed by atoms with van der Waals surface area (Å²) in [6.07, 6.45) is 1.67. The fourth-order valence-electron chi connectivity index (χ4n) is 0.808. The average molecular weight is 214 g/mol. The van der Waals surface area contributed by atoms with Crippen LogP contribution in [0.3, 0.4) is 0 Å². The summed E-state index contributed by atoms with van der Waals surface area (Å²) in [6, 6.07) is 0.130. The number of nitrogens with zero attached hydrogens (tertiary/aromatic N) is 2. The second-order valence-corrected chi connectivity index (χ2v) is 3.07. The third kappa shape index (κ3) is 10.6. The Balaban J connectivity index is 0.000000280. The van der Waals surface area contributed by atoms with Gasteiger partial charge in [0.25, 0.3) is 0 Å². The third-order valence-corrected chi connectivity index (χ3v) is 1.33. The van der Waals surface area contributed by atoms with Crippen LogP contribution in [0.1, 0.15) is 13.8 Å². The van der Waals surface area contributed by atoms with Gasteiger partial charge in [-0.1, -0.05) is 0 Å². The molecule has 15 heavy (non-hydrogen) atoms. The molecule has 0 spiro atoms. The molecule has 6 heteroatoms. The maximum Gasteiger partial charge on any atom is 0.202 e. The van der Waals surface area contributed by atoms with E-state index in [0.717, 1.165) is 26.4 Å². The quantitative estimate of drug-likeness (QED) is 0.273. The van der Waals surface area contributed by atoms with E-state index < -0.39 is 0 Å². The summed E-state index contributed by atoms with van der Waals surface area (Å²) < 4.78 is 9.89. The van der Waals surface area contributed by atoms with E-state index in [4.69, 9.17) is 20.5 Å². The second-order valence-electron chi connectivity index (χ2n) is 3.07. The van der Waals surface area contributed by atoms with Crippen molar-refractivity contribution in [2.75, 3.05) is 26.4 Å². The topological polar surface area (TPSA) is 92.7 Å². The normalized spacial score (nSPS) is 16.3. The fourth-order valence-corrected chi connectivity index (χ4v) is 0.808. The largest absolute Gasteiger partial charge is 0.377 e. The first-order valence-corrected chi connectivity index (χ1v) is 4.80. The molecule has 0 radical (unpaired) electrons. The number of aliphatic imine (C=N–C) groups is 1. The summed E-state index contributed by atoms with van der Waals surface area (Å²) in [4.78, 5) is 3.83. The van der Waals surface area contributed by atoms with Crippen LogP contribution in [-0.2, 0) is 9.47 Å². The Hall–Kier alpha value is -1.32. The molecule has 0 bridgehead atoms. The number of nitrogens with two attached hydrogens (primary N) is 1. The maximum atomic E-state index is 8.03. The van der Waals surface area contributed by atoms with Gasteiger partial charge in [-0.3, -0.25) is 5.32 Å². The van der Waals surface area contributed by atoms with Crippen LogP contribution in [0, 0.1) is 11.5 Å². The van der Waals surface area contributed by atoms with Gasteiger partial charge in [-0.25, -0.2) is 4.99 Å². The van der Waals surface area contributed by atoms with Gasteiger partial charge in [-0.2, -0.15) is 5.26 Å². The van der Waals surface area contributed by atoms with Crippen LogP contribution in [0.25, 0.3) is 0 Å². The number of rotatable bonds is 1. The molecule has 0 aromatic heterocycles. The molecule has 1 aliphatic heterocycles. The number of guanidine groups is 1. The highest BCUT2D eigenvalue weighted by molar-refractivity contribution is 5.79. The van der Waals surface area contributed by atoms with Gasteiger partial charge >= 0.3 is 0 Å². The van der Waals surface area contributed by atoms with Gasteiger partial charge < -0.3 is 15.2 Å². The average Bonchev–Trinajstić information content (AvgIpc) is 2.20. The Bertz CT molecular complexity index is 207. The Morgan fingerprint density at radius 1 is 1.33 bits per heavy atom. The number of hydrogen-bond donors (Lipinski definition) is 2. The second kappa shape index (κ2) is 9.24. The first-order valence-electron chi connectivity index (χ1n) is 4.80. The van der Waals surface area contributed by atoms with Gasteiger partial charge in [0.2, 0.25) is 5.96 Å². The van der Waals surface area contributed by atoms with Crippen molar-refractivity contribution in [3.05, 3.63) is 0 Å². The van der Waals surface area contributed by atoms with Crippen molar-refractivity contribution in [1.82, 2.24) is 5.32 Å². The highest BCUT2D eigenvalue weighted by Gasteiger charge is 1.94. The van der Waals surface area contributed by atoms with Crippen molar-refractivity contribution in [3.8, 4) is 6.19 Å². The first-order chi connectivity index (χ1) is 7.16. The van der Waals surface area contributed by atoms with Gasteiger partial charge in [-0.15, -0.1) is 0 Å². The predicted molar refractivity (Wildman–Crippen MR) is 57.1 cm³/mol. The Labute approximate surface area is 90.1 Å². The first kappa shape index (κ1) is 13.7. The van der Waals surface area contributed by atoms with Gasteiger partial charge in [0.05, 0.1) is 26.4 Å². The van der Waals surface area contributed by atoms with E-state index >= 15 is 0 Å². The number of ether oxygens (including phenoxy) is 2. The summed E-state index contributed by atoms with van der Waals surface area (Å²) in [5.41, 5.74) is 5.20. The molecule has 1 fully saturated rings. The van der Waals surface area contributed by atoms with Crippen molar-refractivity contribution >= 4 is 5.96 Å². The molecule has 0 unspecified atom stereocenters. The Kier molecular flexibility index (Phi) is 8.43. The molecule has 6 nitrogen and oxygen atoms in total. The Morgan fingerprint density at radius 2 is 1.80 bits per heavy atom. The van der Waals surface area contributed by atoms with Crippen LogP contribution in [0.2, 0.25) is 0 Å². The van der Waals surface area contributed by atoms with E-state index in [9.17, 15) is 0 Å². The van der Waals surface area contributed by atoms with E-state index in [1.807, 2.05) is 13.8 Å². The lowest BCUT2D eigenvalue weighted by molar-refractivity contribution is -0.0334. The smallest absolute Gasteiger partial charge is 0.202 e. The molecule has 0 aromatic rings. The minimum Gasteiger partial charge on any atom is -0.377 e. The molecule has 3 N–H and O–H groups in total. The molecule has 1 aliphatic rings. The zero-order valence-corrected chi connectivity index (χ0v) is 9.19. The minimum atomic E-state index is 0.130. The predicted octanol–water partition coefficient (Wildman–Crippen LogP) is -0.187. The van der Waals surface area contributed by atoms with Crippen LogP contribution in [0.5, 0.6) is 0 Å².